The zero-order valence-electron chi connectivity index (χ0n) is 10.2. The van der Waals surface area contributed by atoms with Gasteiger partial charge in [0.1, 0.15) is 5.76 Å². The summed E-state index contributed by atoms with van der Waals surface area (Å²) in [6.45, 7) is 1.84. The van der Waals surface area contributed by atoms with Gasteiger partial charge in [0.15, 0.2) is 12.6 Å². The van der Waals surface area contributed by atoms with Crippen molar-refractivity contribution in [3.8, 4) is 0 Å². The second-order valence-corrected chi connectivity index (χ2v) is 4.36. The van der Waals surface area contributed by atoms with E-state index in [9.17, 15) is 4.79 Å². The molecule has 2 aliphatic rings. The number of ether oxygens (including phenoxy) is 1. The summed E-state index contributed by atoms with van der Waals surface area (Å²) in [5.74, 6) is 1.63. The fourth-order valence-corrected chi connectivity index (χ4v) is 2.27. The summed E-state index contributed by atoms with van der Waals surface area (Å²) in [4.78, 5) is 13.2. The van der Waals surface area contributed by atoms with Gasteiger partial charge in [-0.1, -0.05) is 6.08 Å². The molecular formula is C11H13N5O2. The first kappa shape index (κ1) is 10.9. The second kappa shape index (κ2) is 3.94. The van der Waals surface area contributed by atoms with E-state index in [1.54, 1.807) is 16.6 Å². The van der Waals surface area contributed by atoms with Gasteiger partial charge in [-0.2, -0.15) is 0 Å². The van der Waals surface area contributed by atoms with Gasteiger partial charge in [-0.3, -0.25) is 9.69 Å². The molecule has 1 unspecified atom stereocenters. The zero-order chi connectivity index (χ0) is 12.7. The fraction of sp³-hybridized carbons (Fsp3) is 0.455. The number of hydrogen-bond donors (Lipinski definition) is 0. The molecule has 1 aromatic heterocycles. The highest BCUT2D eigenvalue weighted by molar-refractivity contribution is 5.76. The molecule has 0 bridgehead atoms. The minimum absolute atomic E-state index is 0.00913. The lowest BCUT2D eigenvalue weighted by atomic mass is 9.96. The van der Waals surface area contributed by atoms with E-state index in [1.807, 2.05) is 12.2 Å². The van der Waals surface area contributed by atoms with Crippen LogP contribution in [0.1, 0.15) is 25.1 Å². The molecule has 1 aliphatic carbocycles. The van der Waals surface area contributed by atoms with E-state index in [0.29, 0.717) is 13.2 Å². The average Bonchev–Trinajstić information content (AvgIpc) is 2.93. The standard InChI is InChI=1S/C11H13N5O2/c1-7(17)16-6-18-10-4-3-8(5-9(10)16)11-12-13-14-15(11)2/h3-4,8H,5-6H2,1-2H3. The van der Waals surface area contributed by atoms with Crippen molar-refractivity contribution in [2.24, 2.45) is 7.05 Å². The molecule has 0 spiro atoms. The molecule has 1 aromatic rings. The summed E-state index contributed by atoms with van der Waals surface area (Å²) in [7, 11) is 1.81. The minimum Gasteiger partial charge on any atom is -0.471 e. The summed E-state index contributed by atoms with van der Waals surface area (Å²) in [6, 6.07) is 0. The highest BCUT2D eigenvalue weighted by Gasteiger charge is 2.31. The summed E-state index contributed by atoms with van der Waals surface area (Å²) in [6.07, 6.45) is 4.58. The Kier molecular flexibility index (Phi) is 2.39. The molecule has 0 aromatic carbocycles. The maximum Gasteiger partial charge on any atom is 0.226 e. The van der Waals surface area contributed by atoms with Crippen LogP contribution in [0.25, 0.3) is 0 Å². The molecule has 1 amide bonds. The number of tetrazole rings is 1. The molecule has 0 radical (unpaired) electrons. The number of nitrogens with zero attached hydrogens (tertiary/aromatic N) is 5. The van der Waals surface area contributed by atoms with Crippen molar-refractivity contribution in [2.75, 3.05) is 6.73 Å². The van der Waals surface area contributed by atoms with E-state index in [-0.39, 0.29) is 11.8 Å². The molecule has 0 saturated heterocycles. The van der Waals surface area contributed by atoms with Crippen LogP contribution in [0.4, 0.5) is 0 Å². The molecule has 1 aliphatic heterocycles. The molecule has 18 heavy (non-hydrogen) atoms. The highest BCUT2D eigenvalue weighted by atomic mass is 16.5. The topological polar surface area (TPSA) is 73.1 Å². The molecule has 94 valence electrons. The van der Waals surface area contributed by atoms with Gasteiger partial charge in [-0.15, -0.1) is 5.10 Å². The highest BCUT2D eigenvalue weighted by Crippen LogP contribution is 2.35. The lowest BCUT2D eigenvalue weighted by molar-refractivity contribution is -0.128. The van der Waals surface area contributed by atoms with Crippen molar-refractivity contribution in [1.29, 1.82) is 0 Å². The second-order valence-electron chi connectivity index (χ2n) is 4.36. The molecule has 3 rings (SSSR count). The van der Waals surface area contributed by atoms with E-state index in [1.165, 1.54) is 6.92 Å². The molecule has 0 N–H and O–H groups in total. The van der Waals surface area contributed by atoms with Crippen molar-refractivity contribution < 1.29 is 9.53 Å². The first-order valence-electron chi connectivity index (χ1n) is 5.71. The number of aromatic nitrogens is 4. The van der Waals surface area contributed by atoms with E-state index >= 15 is 0 Å². The van der Waals surface area contributed by atoms with Crippen LogP contribution in [-0.4, -0.2) is 37.7 Å². The smallest absolute Gasteiger partial charge is 0.226 e. The largest absolute Gasteiger partial charge is 0.471 e. The molecule has 0 fully saturated rings. The van der Waals surface area contributed by atoms with Gasteiger partial charge in [-0.25, -0.2) is 4.68 Å². The van der Waals surface area contributed by atoms with Crippen LogP contribution in [-0.2, 0) is 16.6 Å². The number of carbonyl (C=O) groups is 1. The van der Waals surface area contributed by atoms with Gasteiger partial charge in [0.25, 0.3) is 0 Å². The number of amides is 1. The third-order valence-corrected chi connectivity index (χ3v) is 3.22. The lowest BCUT2D eigenvalue weighted by Gasteiger charge is -2.20. The molecule has 7 heteroatoms. The Morgan fingerprint density at radius 2 is 2.39 bits per heavy atom. The minimum atomic E-state index is -0.00913. The van der Waals surface area contributed by atoms with Crippen molar-refractivity contribution in [1.82, 2.24) is 25.1 Å². The SMILES string of the molecule is CC(=O)N1COC2=C1CC(c1nnnn1C)C=C2. The fourth-order valence-electron chi connectivity index (χ4n) is 2.27. The predicted molar refractivity (Wildman–Crippen MR) is 60.8 cm³/mol. The lowest BCUT2D eigenvalue weighted by Crippen LogP contribution is -2.26. The third-order valence-electron chi connectivity index (χ3n) is 3.22. The quantitative estimate of drug-likeness (QED) is 0.713. The molecule has 7 nitrogen and oxygen atoms in total. The monoisotopic (exact) mass is 247 g/mol. The van der Waals surface area contributed by atoms with Crippen molar-refractivity contribution in [2.45, 2.75) is 19.3 Å². The Labute approximate surface area is 104 Å². The van der Waals surface area contributed by atoms with Crippen LogP contribution >= 0.6 is 0 Å². The Balaban J connectivity index is 1.88. The molecule has 0 saturated carbocycles. The zero-order valence-corrected chi connectivity index (χ0v) is 10.2. The van der Waals surface area contributed by atoms with Crippen LogP contribution in [0.5, 0.6) is 0 Å². The van der Waals surface area contributed by atoms with Gasteiger partial charge in [0.05, 0.1) is 5.70 Å². The van der Waals surface area contributed by atoms with Crippen molar-refractivity contribution in [3.63, 3.8) is 0 Å². The molecule has 2 heterocycles. The van der Waals surface area contributed by atoms with E-state index in [2.05, 4.69) is 15.5 Å². The van der Waals surface area contributed by atoms with Crippen LogP contribution in [0, 0.1) is 0 Å². The number of hydrogen-bond acceptors (Lipinski definition) is 5. The van der Waals surface area contributed by atoms with Gasteiger partial charge in [0.2, 0.25) is 5.91 Å². The van der Waals surface area contributed by atoms with Crippen LogP contribution < -0.4 is 0 Å². The molecule has 1 atom stereocenters. The third kappa shape index (κ3) is 1.59. The number of allylic oxidation sites excluding steroid dienone is 3. The number of carbonyl (C=O) groups excluding carboxylic acids is 1. The van der Waals surface area contributed by atoms with E-state index in [0.717, 1.165) is 17.3 Å². The van der Waals surface area contributed by atoms with Crippen LogP contribution in [0.15, 0.2) is 23.6 Å². The molecular weight excluding hydrogens is 234 g/mol. The predicted octanol–water partition coefficient (Wildman–Crippen LogP) is 0.301. The summed E-state index contributed by atoms with van der Waals surface area (Å²) >= 11 is 0. The maximum absolute atomic E-state index is 11.5. The summed E-state index contributed by atoms with van der Waals surface area (Å²) in [5.41, 5.74) is 0.915. The van der Waals surface area contributed by atoms with Crippen molar-refractivity contribution >= 4 is 5.91 Å². The first-order chi connectivity index (χ1) is 8.66. The summed E-state index contributed by atoms with van der Waals surface area (Å²) < 4.78 is 7.11. The Bertz CT molecular complexity index is 560. The number of rotatable bonds is 1. The normalized spacial score (nSPS) is 22.1. The van der Waals surface area contributed by atoms with Gasteiger partial charge in [0, 0.05) is 26.3 Å². The van der Waals surface area contributed by atoms with E-state index in [4.69, 9.17) is 4.74 Å². The number of aryl methyl sites for hydroxylation is 1. The van der Waals surface area contributed by atoms with E-state index < -0.39 is 0 Å². The first-order valence-corrected chi connectivity index (χ1v) is 5.71. The Hall–Kier alpha value is -2.18. The van der Waals surface area contributed by atoms with Gasteiger partial charge in [-0.05, 0) is 16.5 Å². The Morgan fingerprint density at radius 1 is 1.56 bits per heavy atom. The van der Waals surface area contributed by atoms with Gasteiger partial charge >= 0.3 is 0 Å². The maximum atomic E-state index is 11.5. The van der Waals surface area contributed by atoms with Crippen molar-refractivity contribution in [3.05, 3.63) is 29.4 Å². The van der Waals surface area contributed by atoms with Crippen LogP contribution in [0.2, 0.25) is 0 Å². The average molecular weight is 247 g/mol. The summed E-state index contributed by atoms with van der Waals surface area (Å²) in [5, 5.41) is 11.5. The van der Waals surface area contributed by atoms with Crippen LogP contribution in [0.3, 0.4) is 0 Å². The Morgan fingerprint density at radius 3 is 3.06 bits per heavy atom. The van der Waals surface area contributed by atoms with Gasteiger partial charge < -0.3 is 4.74 Å².